The molecule has 10 heteroatoms. The van der Waals surface area contributed by atoms with E-state index in [9.17, 15) is 9.18 Å². The zero-order valence-corrected chi connectivity index (χ0v) is 17.7. The van der Waals surface area contributed by atoms with Crippen LogP contribution in [-0.4, -0.2) is 26.8 Å². The number of aromatic nitrogens is 3. The van der Waals surface area contributed by atoms with Crippen molar-refractivity contribution in [2.45, 2.75) is 11.6 Å². The van der Waals surface area contributed by atoms with Gasteiger partial charge in [0.15, 0.2) is 5.13 Å². The molecule has 1 N–H and O–H groups in total. The summed E-state index contributed by atoms with van der Waals surface area (Å²) in [5.74, 6) is -0.0290. The molecule has 0 aliphatic carbocycles. The minimum atomic E-state index is -0.268. The van der Waals surface area contributed by atoms with Crippen LogP contribution in [0.1, 0.15) is 10.4 Å². The fourth-order valence-corrected chi connectivity index (χ4v) is 4.06. The summed E-state index contributed by atoms with van der Waals surface area (Å²) in [4.78, 5) is 17.4. The van der Waals surface area contributed by atoms with Crippen LogP contribution in [0.3, 0.4) is 0 Å². The second-order valence-corrected chi connectivity index (χ2v) is 8.63. The third-order valence-electron chi connectivity index (χ3n) is 3.92. The van der Waals surface area contributed by atoms with Crippen LogP contribution in [0.4, 0.5) is 9.52 Å². The Morgan fingerprint density at radius 2 is 1.90 bits per heavy atom. The molecule has 4 rings (SSSR count). The summed E-state index contributed by atoms with van der Waals surface area (Å²) in [6.07, 6.45) is 2.32. The van der Waals surface area contributed by atoms with Gasteiger partial charge >= 0.3 is 0 Å². The number of benzene rings is 2. The molecule has 0 aliphatic rings. The molecule has 152 valence electrons. The van der Waals surface area contributed by atoms with Crippen molar-refractivity contribution in [3.63, 3.8) is 0 Å². The monoisotopic (exact) mass is 460 g/mol. The highest BCUT2D eigenvalue weighted by Gasteiger charge is 2.13. The fourth-order valence-electron chi connectivity index (χ4n) is 2.51. The number of hydrogen-bond acceptors (Lipinski definition) is 7. The van der Waals surface area contributed by atoms with E-state index in [-0.39, 0.29) is 17.5 Å². The van der Waals surface area contributed by atoms with Gasteiger partial charge in [-0.05, 0) is 42.0 Å². The molecule has 0 unspecified atom stereocenters. The van der Waals surface area contributed by atoms with Crippen molar-refractivity contribution in [2.75, 3.05) is 11.1 Å². The topological polar surface area (TPSA) is 80.9 Å². The van der Waals surface area contributed by atoms with Gasteiger partial charge in [-0.25, -0.2) is 9.37 Å². The van der Waals surface area contributed by atoms with Crippen LogP contribution < -0.4 is 5.32 Å². The summed E-state index contributed by atoms with van der Waals surface area (Å²) in [5.41, 5.74) is 1.72. The highest BCUT2D eigenvalue weighted by molar-refractivity contribution is 7.99. The minimum absolute atomic E-state index is 0.106. The molecule has 0 radical (unpaired) electrons. The Kier molecular flexibility index (Phi) is 6.41. The molecular weight excluding hydrogens is 447 g/mol. The lowest BCUT2D eigenvalue weighted by molar-refractivity contribution is -0.113. The Morgan fingerprint density at radius 1 is 1.13 bits per heavy atom. The maximum atomic E-state index is 13.0. The van der Waals surface area contributed by atoms with Gasteiger partial charge in [-0.2, -0.15) is 0 Å². The van der Waals surface area contributed by atoms with Gasteiger partial charge in [0.2, 0.25) is 11.8 Å². The summed E-state index contributed by atoms with van der Waals surface area (Å²) >= 11 is 8.39. The quantitative estimate of drug-likeness (QED) is 0.376. The number of amides is 1. The number of thiazole rings is 1. The van der Waals surface area contributed by atoms with Crippen molar-refractivity contribution in [1.29, 1.82) is 0 Å². The molecular formula is C20H14ClFN4O2S2. The molecule has 2 heterocycles. The van der Waals surface area contributed by atoms with Crippen molar-refractivity contribution in [3.05, 3.63) is 76.0 Å². The molecule has 0 aliphatic heterocycles. The first-order chi connectivity index (χ1) is 14.5. The molecule has 2 aromatic heterocycles. The molecule has 0 bridgehead atoms. The zero-order chi connectivity index (χ0) is 20.9. The highest BCUT2D eigenvalue weighted by Crippen LogP contribution is 2.25. The first kappa shape index (κ1) is 20.5. The molecule has 0 atom stereocenters. The Hall–Kier alpha value is -2.75. The third-order valence-corrected chi connectivity index (χ3v) is 5.90. The van der Waals surface area contributed by atoms with Crippen molar-refractivity contribution in [1.82, 2.24) is 15.2 Å². The van der Waals surface area contributed by atoms with Gasteiger partial charge in [-0.1, -0.05) is 35.5 Å². The molecule has 0 spiro atoms. The van der Waals surface area contributed by atoms with E-state index in [0.717, 1.165) is 27.8 Å². The lowest BCUT2D eigenvalue weighted by atomic mass is 10.1. The lowest BCUT2D eigenvalue weighted by Crippen LogP contribution is -2.13. The lowest BCUT2D eigenvalue weighted by Gasteiger charge is -1.99. The molecule has 1 amide bonds. The largest absolute Gasteiger partial charge is 0.411 e. The Balaban J connectivity index is 1.28. The second kappa shape index (κ2) is 9.38. The van der Waals surface area contributed by atoms with Crippen LogP contribution in [0.15, 0.2) is 64.4 Å². The Bertz CT molecular complexity index is 1150. The predicted molar refractivity (Wildman–Crippen MR) is 115 cm³/mol. The van der Waals surface area contributed by atoms with Crippen LogP contribution in [0.25, 0.3) is 11.5 Å². The van der Waals surface area contributed by atoms with Crippen molar-refractivity contribution in [3.8, 4) is 11.5 Å². The van der Waals surface area contributed by atoms with E-state index in [1.807, 2.05) is 0 Å². The second-order valence-electron chi connectivity index (χ2n) is 6.15. The summed E-state index contributed by atoms with van der Waals surface area (Å²) in [7, 11) is 0. The van der Waals surface area contributed by atoms with E-state index < -0.39 is 0 Å². The Labute approximate surface area is 184 Å². The molecule has 0 saturated heterocycles. The molecule has 6 nitrogen and oxygen atoms in total. The summed E-state index contributed by atoms with van der Waals surface area (Å²) in [6, 6.07) is 13.3. The normalized spacial score (nSPS) is 10.9. The SMILES string of the molecule is O=C(CSc1nnc(-c2ccc(Cl)cc2)o1)Nc1ncc(Cc2ccc(F)cc2)s1. The van der Waals surface area contributed by atoms with Gasteiger partial charge < -0.3 is 9.73 Å². The fraction of sp³-hybridized carbons (Fsp3) is 0.100. The van der Waals surface area contributed by atoms with Crippen molar-refractivity contribution < 1.29 is 13.6 Å². The number of thioether (sulfide) groups is 1. The molecule has 2 aromatic carbocycles. The number of rotatable bonds is 7. The third kappa shape index (κ3) is 5.44. The summed E-state index contributed by atoms with van der Waals surface area (Å²) in [5, 5.41) is 12.1. The smallest absolute Gasteiger partial charge is 0.277 e. The number of halogens is 2. The first-order valence-corrected chi connectivity index (χ1v) is 10.9. The van der Waals surface area contributed by atoms with Gasteiger partial charge in [0.05, 0.1) is 5.75 Å². The maximum Gasteiger partial charge on any atom is 0.277 e. The Morgan fingerprint density at radius 3 is 2.67 bits per heavy atom. The average Bonchev–Trinajstić information content (AvgIpc) is 3.38. The van der Waals surface area contributed by atoms with Crippen LogP contribution in [0.2, 0.25) is 5.02 Å². The van der Waals surface area contributed by atoms with E-state index in [4.69, 9.17) is 16.0 Å². The molecule has 30 heavy (non-hydrogen) atoms. The standard InChI is InChI=1S/C20H14ClFN4O2S2/c21-14-5-3-13(4-6-14)18-25-26-20(28-18)29-11-17(27)24-19-23-10-16(30-19)9-12-1-7-15(22)8-2-12/h1-8,10H,9,11H2,(H,23,24,27). The number of hydrogen-bond donors (Lipinski definition) is 1. The van der Waals surface area contributed by atoms with E-state index in [2.05, 4.69) is 20.5 Å². The van der Waals surface area contributed by atoms with Gasteiger partial charge in [0, 0.05) is 28.1 Å². The zero-order valence-electron chi connectivity index (χ0n) is 15.3. The van der Waals surface area contributed by atoms with Crippen molar-refractivity contribution >= 4 is 45.7 Å². The summed E-state index contributed by atoms with van der Waals surface area (Å²) < 4.78 is 18.6. The van der Waals surface area contributed by atoms with Gasteiger partial charge in [0.1, 0.15) is 5.82 Å². The molecule has 0 saturated carbocycles. The molecule has 0 fully saturated rings. The van der Waals surface area contributed by atoms with Crippen LogP contribution in [-0.2, 0) is 11.2 Å². The van der Waals surface area contributed by atoms with Gasteiger partial charge in [0.25, 0.3) is 5.22 Å². The van der Waals surface area contributed by atoms with E-state index in [0.29, 0.717) is 27.7 Å². The average molecular weight is 461 g/mol. The number of nitrogens with zero attached hydrogens (tertiary/aromatic N) is 3. The maximum absolute atomic E-state index is 13.0. The van der Waals surface area contributed by atoms with Gasteiger partial charge in [-0.3, -0.25) is 4.79 Å². The van der Waals surface area contributed by atoms with Gasteiger partial charge in [-0.15, -0.1) is 21.5 Å². The van der Waals surface area contributed by atoms with E-state index in [1.165, 1.54) is 23.5 Å². The number of carbonyl (C=O) groups is 1. The van der Waals surface area contributed by atoms with E-state index in [1.54, 1.807) is 42.6 Å². The number of anilines is 1. The minimum Gasteiger partial charge on any atom is -0.411 e. The van der Waals surface area contributed by atoms with Crippen LogP contribution in [0.5, 0.6) is 0 Å². The predicted octanol–water partition coefficient (Wildman–Crippen LogP) is 5.31. The first-order valence-electron chi connectivity index (χ1n) is 8.76. The van der Waals surface area contributed by atoms with Crippen molar-refractivity contribution in [2.24, 2.45) is 0 Å². The number of nitrogens with one attached hydrogen (secondary N) is 1. The highest BCUT2D eigenvalue weighted by atomic mass is 35.5. The van der Waals surface area contributed by atoms with Crippen LogP contribution in [0, 0.1) is 5.82 Å². The van der Waals surface area contributed by atoms with Crippen LogP contribution >= 0.6 is 34.7 Å². The van der Waals surface area contributed by atoms with E-state index >= 15 is 0 Å². The number of carbonyl (C=O) groups excluding carboxylic acids is 1. The molecule has 4 aromatic rings. The summed E-state index contributed by atoms with van der Waals surface area (Å²) in [6.45, 7) is 0.